The van der Waals surface area contributed by atoms with Crippen molar-refractivity contribution >= 4 is 11.8 Å². The van der Waals surface area contributed by atoms with E-state index >= 15 is 0 Å². The van der Waals surface area contributed by atoms with Crippen LogP contribution >= 0.6 is 0 Å². The molecule has 2 aliphatic heterocycles. The number of hydrogen-bond donors (Lipinski definition) is 1. The minimum absolute atomic E-state index is 0.154. The first-order valence-corrected chi connectivity index (χ1v) is 8.72. The third kappa shape index (κ3) is 3.63. The van der Waals surface area contributed by atoms with E-state index in [2.05, 4.69) is 48.3 Å². The molecule has 1 N–H and O–H groups in total. The number of imide groups is 1. The summed E-state index contributed by atoms with van der Waals surface area (Å²) < 4.78 is 0. The summed E-state index contributed by atoms with van der Waals surface area (Å²) in [6.45, 7) is 6.83. The highest BCUT2D eigenvalue weighted by atomic mass is 16.2. The molecule has 23 heavy (non-hydrogen) atoms. The van der Waals surface area contributed by atoms with Crippen LogP contribution < -0.4 is 5.32 Å². The van der Waals surface area contributed by atoms with E-state index in [0.717, 1.165) is 12.1 Å². The number of amides is 2. The predicted octanol–water partition coefficient (Wildman–Crippen LogP) is 2.79. The van der Waals surface area contributed by atoms with Gasteiger partial charge in [0, 0.05) is 19.0 Å². The second-order valence-electron chi connectivity index (χ2n) is 7.10. The van der Waals surface area contributed by atoms with E-state index in [1.807, 2.05) is 0 Å². The van der Waals surface area contributed by atoms with Crippen molar-refractivity contribution in [1.29, 1.82) is 0 Å². The molecule has 2 amide bonds. The molecule has 0 bridgehead atoms. The Labute approximate surface area is 138 Å². The molecule has 0 spiro atoms. The number of nitrogens with one attached hydrogen (secondary N) is 1. The Bertz CT molecular complexity index is 580. The van der Waals surface area contributed by atoms with Gasteiger partial charge in [-0.15, -0.1) is 0 Å². The Morgan fingerprint density at radius 3 is 2.43 bits per heavy atom. The zero-order valence-electron chi connectivity index (χ0n) is 14.0. The quantitative estimate of drug-likeness (QED) is 0.873. The molecule has 2 fully saturated rings. The van der Waals surface area contributed by atoms with Gasteiger partial charge < -0.3 is 4.90 Å². The summed E-state index contributed by atoms with van der Waals surface area (Å²) in [4.78, 5) is 25.8. The fraction of sp³-hybridized carbons (Fsp3) is 0.579. The molecule has 2 aliphatic rings. The highest BCUT2D eigenvalue weighted by molar-refractivity contribution is 6.00. The van der Waals surface area contributed by atoms with Gasteiger partial charge in [0.25, 0.3) is 0 Å². The van der Waals surface area contributed by atoms with Crippen LogP contribution in [0.25, 0.3) is 0 Å². The molecule has 4 nitrogen and oxygen atoms in total. The van der Waals surface area contributed by atoms with Crippen LogP contribution in [0.4, 0.5) is 0 Å². The summed E-state index contributed by atoms with van der Waals surface area (Å²) in [6, 6.07) is 9.09. The maximum atomic E-state index is 12.0. The van der Waals surface area contributed by atoms with Crippen molar-refractivity contribution in [1.82, 2.24) is 10.2 Å². The first-order chi connectivity index (χ1) is 11.0. The van der Waals surface area contributed by atoms with Crippen molar-refractivity contribution in [2.45, 2.75) is 57.4 Å². The number of benzene rings is 1. The first kappa shape index (κ1) is 16.2. The van der Waals surface area contributed by atoms with E-state index < -0.39 is 0 Å². The normalized spacial score (nSPS) is 26.4. The average Bonchev–Trinajstić information content (AvgIpc) is 2.55. The SMILES string of the molecule is CC(C)N1CCCC(c2ccc(C3CCC(=O)NC3=O)cc2)C1. The minimum Gasteiger partial charge on any atom is -0.300 e. The maximum Gasteiger partial charge on any atom is 0.234 e. The molecule has 3 rings (SSSR count). The highest BCUT2D eigenvalue weighted by Crippen LogP contribution is 2.30. The summed E-state index contributed by atoms with van der Waals surface area (Å²) in [5, 5.41) is 2.44. The predicted molar refractivity (Wildman–Crippen MR) is 90.3 cm³/mol. The van der Waals surface area contributed by atoms with E-state index in [1.165, 1.54) is 24.9 Å². The number of piperidine rings is 2. The fourth-order valence-electron chi connectivity index (χ4n) is 3.76. The standard InChI is InChI=1S/C19H26N2O2/c1-13(2)21-11-3-4-16(12-21)14-5-7-15(8-6-14)17-9-10-18(22)20-19(17)23/h5-8,13,16-17H,3-4,9-12H2,1-2H3,(H,20,22,23). The Kier molecular flexibility index (Phi) is 4.81. The van der Waals surface area contributed by atoms with Crippen LogP contribution in [0.1, 0.15) is 62.5 Å². The summed E-state index contributed by atoms with van der Waals surface area (Å²) in [5.74, 6) is 0.0960. The fourth-order valence-corrected chi connectivity index (χ4v) is 3.76. The molecule has 0 saturated carbocycles. The van der Waals surface area contributed by atoms with Crippen LogP contribution in [-0.4, -0.2) is 35.8 Å². The van der Waals surface area contributed by atoms with Gasteiger partial charge in [0.05, 0.1) is 5.92 Å². The molecule has 4 heteroatoms. The first-order valence-electron chi connectivity index (χ1n) is 8.72. The molecule has 0 aliphatic carbocycles. The van der Waals surface area contributed by atoms with Crippen molar-refractivity contribution in [2.75, 3.05) is 13.1 Å². The van der Waals surface area contributed by atoms with Gasteiger partial charge in [-0.2, -0.15) is 0 Å². The summed E-state index contributed by atoms with van der Waals surface area (Å²) in [5.41, 5.74) is 2.39. The van der Waals surface area contributed by atoms with Crippen LogP contribution in [0, 0.1) is 0 Å². The smallest absolute Gasteiger partial charge is 0.234 e. The van der Waals surface area contributed by atoms with Gasteiger partial charge in [0.2, 0.25) is 11.8 Å². The Morgan fingerprint density at radius 2 is 1.78 bits per heavy atom. The third-order valence-corrected chi connectivity index (χ3v) is 5.23. The van der Waals surface area contributed by atoms with Gasteiger partial charge in [0.15, 0.2) is 0 Å². The molecule has 124 valence electrons. The molecule has 0 aromatic heterocycles. The number of likely N-dealkylation sites (tertiary alicyclic amines) is 1. The van der Waals surface area contributed by atoms with E-state index in [-0.39, 0.29) is 17.7 Å². The maximum absolute atomic E-state index is 12.0. The number of rotatable bonds is 3. The Morgan fingerprint density at radius 1 is 1.09 bits per heavy atom. The topological polar surface area (TPSA) is 49.4 Å². The van der Waals surface area contributed by atoms with Crippen LogP contribution in [0.2, 0.25) is 0 Å². The Hall–Kier alpha value is -1.68. The number of carbonyl (C=O) groups excluding carboxylic acids is 2. The van der Waals surface area contributed by atoms with Gasteiger partial charge in [0.1, 0.15) is 0 Å². The molecule has 1 aromatic rings. The van der Waals surface area contributed by atoms with Gasteiger partial charge in [-0.3, -0.25) is 14.9 Å². The van der Waals surface area contributed by atoms with Crippen molar-refractivity contribution in [2.24, 2.45) is 0 Å². The van der Waals surface area contributed by atoms with Crippen LogP contribution in [-0.2, 0) is 9.59 Å². The third-order valence-electron chi connectivity index (χ3n) is 5.23. The van der Waals surface area contributed by atoms with E-state index in [4.69, 9.17) is 0 Å². The van der Waals surface area contributed by atoms with E-state index in [9.17, 15) is 9.59 Å². The van der Waals surface area contributed by atoms with E-state index in [1.54, 1.807) is 0 Å². The molecule has 1 aromatic carbocycles. The molecule has 2 atom stereocenters. The van der Waals surface area contributed by atoms with Gasteiger partial charge in [-0.05, 0) is 56.7 Å². The lowest BCUT2D eigenvalue weighted by Gasteiger charge is -2.35. The average molecular weight is 314 g/mol. The van der Waals surface area contributed by atoms with Crippen LogP contribution in [0.15, 0.2) is 24.3 Å². The lowest BCUT2D eigenvalue weighted by Crippen LogP contribution is -2.39. The summed E-state index contributed by atoms with van der Waals surface area (Å²) in [7, 11) is 0. The van der Waals surface area contributed by atoms with Crippen molar-refractivity contribution < 1.29 is 9.59 Å². The largest absolute Gasteiger partial charge is 0.300 e. The van der Waals surface area contributed by atoms with Gasteiger partial charge >= 0.3 is 0 Å². The second kappa shape index (κ2) is 6.83. The lowest BCUT2D eigenvalue weighted by atomic mass is 9.86. The van der Waals surface area contributed by atoms with Crippen LogP contribution in [0.5, 0.6) is 0 Å². The van der Waals surface area contributed by atoms with Crippen molar-refractivity contribution in [3.05, 3.63) is 35.4 Å². The molecule has 2 heterocycles. The molecule has 2 unspecified atom stereocenters. The minimum atomic E-state index is -0.180. The number of nitrogens with zero attached hydrogens (tertiary/aromatic N) is 1. The zero-order valence-corrected chi connectivity index (χ0v) is 14.0. The number of carbonyl (C=O) groups is 2. The lowest BCUT2D eigenvalue weighted by molar-refractivity contribution is -0.134. The van der Waals surface area contributed by atoms with E-state index in [0.29, 0.717) is 24.8 Å². The van der Waals surface area contributed by atoms with Gasteiger partial charge in [-0.1, -0.05) is 24.3 Å². The molecule has 2 saturated heterocycles. The molecular formula is C19H26N2O2. The monoisotopic (exact) mass is 314 g/mol. The highest BCUT2D eigenvalue weighted by Gasteiger charge is 2.28. The van der Waals surface area contributed by atoms with Gasteiger partial charge in [-0.25, -0.2) is 0 Å². The second-order valence-corrected chi connectivity index (χ2v) is 7.10. The summed E-state index contributed by atoms with van der Waals surface area (Å²) in [6.07, 6.45) is 3.54. The summed E-state index contributed by atoms with van der Waals surface area (Å²) >= 11 is 0. The molecule has 0 radical (unpaired) electrons. The zero-order chi connectivity index (χ0) is 16.4. The van der Waals surface area contributed by atoms with Crippen molar-refractivity contribution in [3.63, 3.8) is 0 Å². The number of hydrogen-bond acceptors (Lipinski definition) is 3. The van der Waals surface area contributed by atoms with Crippen molar-refractivity contribution in [3.8, 4) is 0 Å². The van der Waals surface area contributed by atoms with Crippen LogP contribution in [0.3, 0.4) is 0 Å². The Balaban J connectivity index is 1.69. The molecular weight excluding hydrogens is 288 g/mol.